The van der Waals surface area contributed by atoms with Crippen molar-refractivity contribution in [3.8, 4) is 22.5 Å². The van der Waals surface area contributed by atoms with E-state index in [0.717, 1.165) is 22.3 Å². The summed E-state index contributed by atoms with van der Waals surface area (Å²) < 4.78 is 103. The number of hydrogen-bond acceptors (Lipinski definition) is 7. The van der Waals surface area contributed by atoms with Crippen LogP contribution in [0.4, 0.5) is 37.7 Å². The summed E-state index contributed by atoms with van der Waals surface area (Å²) in [7, 11) is 2.88. The van der Waals surface area contributed by atoms with Crippen molar-refractivity contribution in [3.05, 3.63) is 127 Å². The van der Waals surface area contributed by atoms with Gasteiger partial charge in [0.1, 0.15) is 13.6 Å². The van der Waals surface area contributed by atoms with E-state index in [0.29, 0.717) is 11.1 Å². The molecule has 4 rings (SSSR count). The summed E-state index contributed by atoms with van der Waals surface area (Å²) in [5, 5.41) is 10.4. The number of alkyl halides is 6. The summed E-state index contributed by atoms with van der Waals surface area (Å²) in [5.74, 6) is -0.217. The fraction of sp³-hybridized carbons (Fsp3) is 0.429. The van der Waals surface area contributed by atoms with Gasteiger partial charge in [0.25, 0.3) is 22.5 Å². The van der Waals surface area contributed by atoms with Gasteiger partial charge in [0.2, 0.25) is 0 Å². The lowest BCUT2D eigenvalue weighted by atomic mass is 10.0. The van der Waals surface area contributed by atoms with E-state index in [1.165, 1.54) is 18.8 Å². The largest absolute Gasteiger partial charge is 0.407 e. The highest BCUT2D eigenvalue weighted by Crippen LogP contribution is 2.38. The van der Waals surface area contributed by atoms with Crippen LogP contribution in [0.3, 0.4) is 0 Å². The minimum absolute atomic E-state index is 0.0450. The number of aromatic nitrogens is 2. The molecule has 0 saturated carbocycles. The van der Waals surface area contributed by atoms with Crippen LogP contribution in [-0.2, 0) is 44.4 Å². The first-order chi connectivity index (χ1) is 27.8. The number of pyridine rings is 2. The van der Waals surface area contributed by atoms with Crippen LogP contribution in [0.25, 0.3) is 32.2 Å². The van der Waals surface area contributed by atoms with Gasteiger partial charge in [-0.1, -0.05) is 74.9 Å². The summed E-state index contributed by atoms with van der Waals surface area (Å²) in [6, 6.07) is 16.6. The number of ether oxygens (including phenoxy) is 4. The van der Waals surface area contributed by atoms with Crippen molar-refractivity contribution in [2.75, 3.05) is 27.8 Å². The van der Waals surface area contributed by atoms with Crippen LogP contribution in [0.1, 0.15) is 51.3 Å². The highest BCUT2D eigenvalue weighted by atomic mass is 19.4. The number of aryl methyl sites for hydroxylation is 1. The molecule has 2 aromatic heterocycles. The molecular weight excluding hydrogens is 786 g/mol. The maximum absolute atomic E-state index is 13.5. The number of methoxy groups -OCH3 is 2. The molecule has 0 aliphatic heterocycles. The zero-order chi connectivity index (χ0) is 44.7. The highest BCUT2D eigenvalue weighted by molar-refractivity contribution is 5.67. The van der Waals surface area contributed by atoms with E-state index in [1.54, 1.807) is 75.4 Å². The third kappa shape index (κ3) is 13.4. The van der Waals surface area contributed by atoms with Gasteiger partial charge in [-0.25, -0.2) is 9.69 Å². The third-order valence-electron chi connectivity index (χ3n) is 8.85. The SMILES string of the molecule is CC.[C-]#[N+]c1c(C(F)(F)F)cc(-c2cccc(C)c2)n(CC(O)C(C)OCOC)c1=O.[C-]#[N+]c1c(C(F)(F)F)cc(-c2ccccc2)n(CC(C)C(C)OCOC)c1=O. The molecule has 320 valence electrons. The van der Waals surface area contributed by atoms with Gasteiger partial charge in [0.15, 0.2) is 0 Å². The predicted octanol–water partition coefficient (Wildman–Crippen LogP) is 9.52. The average molecular weight is 835 g/mol. The molecule has 59 heavy (non-hydrogen) atoms. The fourth-order valence-corrected chi connectivity index (χ4v) is 5.57. The first-order valence-electron chi connectivity index (χ1n) is 18.3. The predicted molar refractivity (Wildman–Crippen MR) is 211 cm³/mol. The summed E-state index contributed by atoms with van der Waals surface area (Å²) in [6.45, 7) is 24.8. The maximum atomic E-state index is 13.5. The molecule has 1 N–H and O–H groups in total. The second-order valence-corrected chi connectivity index (χ2v) is 13.0. The van der Waals surface area contributed by atoms with Crippen LogP contribution in [0.2, 0.25) is 0 Å². The summed E-state index contributed by atoms with van der Waals surface area (Å²) >= 11 is 0. The molecule has 4 atom stereocenters. The van der Waals surface area contributed by atoms with Crippen LogP contribution < -0.4 is 11.1 Å². The molecule has 0 aliphatic carbocycles. The monoisotopic (exact) mass is 834 g/mol. The Bertz CT molecular complexity index is 2170. The van der Waals surface area contributed by atoms with Crippen LogP contribution in [0, 0.1) is 26.0 Å². The van der Waals surface area contributed by atoms with E-state index in [2.05, 4.69) is 9.69 Å². The fourth-order valence-electron chi connectivity index (χ4n) is 5.57. The third-order valence-corrected chi connectivity index (χ3v) is 8.85. The zero-order valence-corrected chi connectivity index (χ0v) is 33.9. The van der Waals surface area contributed by atoms with Crippen molar-refractivity contribution in [1.29, 1.82) is 0 Å². The molecule has 0 bridgehead atoms. The maximum Gasteiger partial charge on any atom is 0.407 e. The van der Waals surface area contributed by atoms with Crippen LogP contribution in [0.5, 0.6) is 0 Å². The van der Waals surface area contributed by atoms with Crippen molar-refractivity contribution in [2.45, 2.75) is 85.3 Å². The topological polar surface area (TPSA) is 110 Å². The molecule has 0 amide bonds. The molecule has 2 heterocycles. The minimum atomic E-state index is -4.87. The van der Waals surface area contributed by atoms with Gasteiger partial charge >= 0.3 is 12.4 Å². The summed E-state index contributed by atoms with van der Waals surface area (Å²) in [4.78, 5) is 31.3. The molecule has 0 fully saturated rings. The molecule has 17 heteroatoms. The molecule has 11 nitrogen and oxygen atoms in total. The van der Waals surface area contributed by atoms with Crippen molar-refractivity contribution in [1.82, 2.24) is 9.13 Å². The quantitative estimate of drug-likeness (QED) is 0.0766. The molecule has 0 spiro atoms. The molecule has 0 aliphatic rings. The van der Waals surface area contributed by atoms with E-state index >= 15 is 0 Å². The molecule has 0 radical (unpaired) electrons. The lowest BCUT2D eigenvalue weighted by molar-refractivity contribution is -0.137. The van der Waals surface area contributed by atoms with Crippen LogP contribution in [0.15, 0.2) is 76.3 Å². The Kier molecular flexibility index (Phi) is 19.2. The summed E-state index contributed by atoms with van der Waals surface area (Å²) in [6.07, 6.45) is -12.0. The van der Waals surface area contributed by atoms with Gasteiger partial charge in [-0.05, 0) is 50.1 Å². The van der Waals surface area contributed by atoms with Crippen molar-refractivity contribution in [3.63, 3.8) is 0 Å². The van der Waals surface area contributed by atoms with Gasteiger partial charge in [-0.3, -0.25) is 9.59 Å². The molecule has 4 aromatic rings. The van der Waals surface area contributed by atoms with Gasteiger partial charge in [-0.15, -0.1) is 0 Å². The number of halogens is 6. The number of aliphatic hydroxyl groups is 1. The normalized spacial score (nSPS) is 13.4. The Labute approximate surface area is 339 Å². The first-order valence-corrected chi connectivity index (χ1v) is 18.3. The Morgan fingerprint density at radius 1 is 0.678 bits per heavy atom. The van der Waals surface area contributed by atoms with E-state index in [-0.39, 0.29) is 50.1 Å². The Morgan fingerprint density at radius 3 is 1.56 bits per heavy atom. The van der Waals surface area contributed by atoms with Crippen molar-refractivity contribution in [2.24, 2.45) is 5.92 Å². The van der Waals surface area contributed by atoms with Gasteiger partial charge < -0.3 is 33.2 Å². The first kappa shape index (κ1) is 49.8. The minimum Gasteiger partial charge on any atom is -0.389 e. The lowest BCUT2D eigenvalue weighted by Gasteiger charge is -2.24. The summed E-state index contributed by atoms with van der Waals surface area (Å²) in [5.41, 5.74) is -4.91. The number of rotatable bonds is 14. The van der Waals surface area contributed by atoms with Crippen molar-refractivity contribution >= 4 is 11.4 Å². The van der Waals surface area contributed by atoms with Gasteiger partial charge in [0.05, 0.1) is 49.1 Å². The smallest absolute Gasteiger partial charge is 0.389 e. The molecule has 0 saturated heterocycles. The second-order valence-electron chi connectivity index (χ2n) is 13.0. The zero-order valence-electron chi connectivity index (χ0n) is 33.9. The van der Waals surface area contributed by atoms with Crippen LogP contribution in [-0.4, -0.2) is 60.4 Å². The van der Waals surface area contributed by atoms with E-state index in [4.69, 9.17) is 32.1 Å². The van der Waals surface area contributed by atoms with Crippen molar-refractivity contribution < 1.29 is 50.4 Å². The lowest BCUT2D eigenvalue weighted by Crippen LogP contribution is -2.36. The van der Waals surface area contributed by atoms with E-state index < -0.39 is 58.2 Å². The van der Waals surface area contributed by atoms with E-state index in [1.807, 2.05) is 20.8 Å². The van der Waals surface area contributed by atoms with Gasteiger partial charge in [0, 0.05) is 38.1 Å². The highest BCUT2D eigenvalue weighted by Gasteiger charge is 2.38. The average Bonchev–Trinajstić information content (AvgIpc) is 3.20. The standard InChI is InChI=1S/C20H21F3N2O4.C20H21F3N2O3.C2H6/c1-12-6-5-7-14(8-12)16-9-15(20(21,22)23)18(24-3)19(27)25(16)10-17(26)13(2)29-11-28-4;1-13(14(2)28-12-27-4)11-25-17(15-8-6-5-7-9-15)10-16(20(21,22)23)18(24-3)19(25)26;1-2/h5-9,13,17,26H,10-11H2,1-2,4H3;5-10,13-14H,11-12H2,1-2,4H3;1-2H3. The van der Waals surface area contributed by atoms with E-state index in [9.17, 15) is 41.0 Å². The molecule has 4 unspecified atom stereocenters. The second kappa shape index (κ2) is 22.7. The number of hydrogen-bond donors (Lipinski definition) is 1. The Hall–Kier alpha value is -5.30. The Balaban J connectivity index is 0.000000391. The number of nitrogens with zero attached hydrogens (tertiary/aromatic N) is 4. The van der Waals surface area contributed by atoms with Gasteiger partial charge in [-0.2, -0.15) is 26.3 Å². The van der Waals surface area contributed by atoms with Crippen LogP contribution >= 0.6 is 0 Å². The molecule has 2 aromatic carbocycles. The number of benzene rings is 2. The number of aliphatic hydroxyl groups excluding tert-OH is 1. The Morgan fingerprint density at radius 2 is 1.12 bits per heavy atom. The molecular formula is C42H48F6N4O7.